The van der Waals surface area contributed by atoms with E-state index in [2.05, 4.69) is 6.07 Å². The Bertz CT molecular complexity index is 218. The van der Waals surface area contributed by atoms with Gasteiger partial charge in [-0.15, -0.1) is 0 Å². The lowest BCUT2D eigenvalue weighted by atomic mass is 10.2. The average Bonchev–Trinajstić information content (AvgIpc) is 1.88. The summed E-state index contributed by atoms with van der Waals surface area (Å²) in [5.74, 6) is 0. The van der Waals surface area contributed by atoms with Gasteiger partial charge < -0.3 is 0 Å². The summed E-state index contributed by atoms with van der Waals surface area (Å²) in [5, 5.41) is -0.328. The summed E-state index contributed by atoms with van der Waals surface area (Å²) in [6.45, 7) is 0. The molecule has 0 aliphatic heterocycles. The fraction of sp³-hybridized carbons (Fsp3) is 0.125. The van der Waals surface area contributed by atoms with Crippen molar-refractivity contribution in [2.24, 2.45) is 0 Å². The van der Waals surface area contributed by atoms with Crippen LogP contribution in [0.2, 0.25) is 0 Å². The minimum absolute atomic E-state index is 0.302. The first-order chi connectivity index (χ1) is 4.79. The van der Waals surface area contributed by atoms with E-state index in [-0.39, 0.29) is 5.24 Å². The second-order valence-electron chi connectivity index (χ2n) is 1.94. The van der Waals surface area contributed by atoms with E-state index in [1.54, 1.807) is 12.1 Å². The molecule has 1 nitrogen and oxygen atoms in total. The molecule has 0 aromatic heterocycles. The molecular weight excluding hydrogens is 148 g/mol. The molecule has 0 heterocycles. The summed E-state index contributed by atoms with van der Waals surface area (Å²) in [4.78, 5) is 10.4. The highest BCUT2D eigenvalue weighted by Crippen LogP contribution is 2.00. The maximum atomic E-state index is 10.4. The second kappa shape index (κ2) is 3.37. The predicted molar refractivity (Wildman–Crippen MR) is 39.8 cm³/mol. The van der Waals surface area contributed by atoms with Gasteiger partial charge in [-0.1, -0.05) is 24.3 Å². The lowest BCUT2D eigenvalue weighted by Gasteiger charge is -1.91. The summed E-state index contributed by atoms with van der Waals surface area (Å²) >= 11 is 5.16. The van der Waals surface area contributed by atoms with Crippen molar-refractivity contribution in [1.29, 1.82) is 0 Å². The van der Waals surface area contributed by atoms with Gasteiger partial charge in [-0.3, -0.25) is 4.79 Å². The van der Waals surface area contributed by atoms with Crippen LogP contribution >= 0.6 is 11.6 Å². The Morgan fingerprint density at radius 3 is 2.60 bits per heavy atom. The normalized spacial score (nSPS) is 9.30. The zero-order valence-corrected chi connectivity index (χ0v) is 6.06. The van der Waals surface area contributed by atoms with E-state index in [0.29, 0.717) is 6.42 Å². The molecule has 0 amide bonds. The van der Waals surface area contributed by atoms with Gasteiger partial charge in [0.2, 0.25) is 5.24 Å². The van der Waals surface area contributed by atoms with Gasteiger partial charge in [0, 0.05) is 6.42 Å². The summed E-state index contributed by atoms with van der Waals surface area (Å²) in [7, 11) is 0. The van der Waals surface area contributed by atoms with Gasteiger partial charge in [-0.25, -0.2) is 0 Å². The average molecular weight is 154 g/mol. The Morgan fingerprint density at radius 1 is 1.50 bits per heavy atom. The highest BCUT2D eigenvalue weighted by molar-refractivity contribution is 6.63. The molecule has 0 saturated heterocycles. The summed E-state index contributed by atoms with van der Waals surface area (Å²) in [6, 6.07) is 10.0. The standard InChI is InChI=1S/C8H6ClO/c9-8(10)6-7-4-2-1-3-5-7/h2-5H,6H2. The molecule has 51 valence electrons. The Kier molecular flexibility index (Phi) is 2.46. The molecule has 2 heteroatoms. The van der Waals surface area contributed by atoms with Crippen LogP contribution < -0.4 is 0 Å². The molecule has 1 aromatic carbocycles. The van der Waals surface area contributed by atoms with Gasteiger partial charge in [-0.2, -0.15) is 0 Å². The Hall–Kier alpha value is -0.820. The molecule has 1 aromatic rings. The largest absolute Gasteiger partial charge is 0.281 e. The molecular formula is C8H6ClO. The lowest BCUT2D eigenvalue weighted by molar-refractivity contribution is -0.111. The molecule has 0 N–H and O–H groups in total. The van der Waals surface area contributed by atoms with Crippen LogP contribution in [0.25, 0.3) is 0 Å². The first-order valence-electron chi connectivity index (χ1n) is 2.92. The fourth-order valence-electron chi connectivity index (χ4n) is 0.700. The topological polar surface area (TPSA) is 17.1 Å². The van der Waals surface area contributed by atoms with Crippen LogP contribution in [0.15, 0.2) is 24.3 Å². The molecule has 0 bridgehead atoms. The molecule has 1 rings (SSSR count). The second-order valence-corrected chi connectivity index (χ2v) is 2.36. The third kappa shape index (κ3) is 2.19. The van der Waals surface area contributed by atoms with Crippen molar-refractivity contribution in [2.45, 2.75) is 6.42 Å². The fourth-order valence-corrected chi connectivity index (χ4v) is 0.854. The maximum absolute atomic E-state index is 10.4. The maximum Gasteiger partial charge on any atom is 0.226 e. The molecule has 0 fully saturated rings. The predicted octanol–water partition coefficient (Wildman–Crippen LogP) is 1.79. The van der Waals surface area contributed by atoms with Crippen molar-refractivity contribution in [1.82, 2.24) is 0 Å². The monoisotopic (exact) mass is 153 g/mol. The third-order valence-corrected chi connectivity index (χ3v) is 1.26. The summed E-state index contributed by atoms with van der Waals surface area (Å²) in [6.07, 6.45) is 0.302. The van der Waals surface area contributed by atoms with Gasteiger partial charge in [0.05, 0.1) is 0 Å². The molecule has 10 heavy (non-hydrogen) atoms. The van der Waals surface area contributed by atoms with Crippen molar-refractivity contribution in [3.8, 4) is 0 Å². The highest BCUT2D eigenvalue weighted by atomic mass is 35.5. The minimum Gasteiger partial charge on any atom is -0.281 e. The van der Waals surface area contributed by atoms with E-state index in [1.165, 1.54) is 0 Å². The van der Waals surface area contributed by atoms with Crippen molar-refractivity contribution in [2.75, 3.05) is 0 Å². The molecule has 0 saturated carbocycles. The van der Waals surface area contributed by atoms with E-state index in [9.17, 15) is 4.79 Å². The number of hydrogen-bond donors (Lipinski definition) is 0. The zero-order valence-electron chi connectivity index (χ0n) is 5.30. The molecule has 0 aliphatic rings. The summed E-state index contributed by atoms with van der Waals surface area (Å²) < 4.78 is 0. The SMILES string of the molecule is O=C(Cl)Cc1cc[c]cc1. The lowest BCUT2D eigenvalue weighted by Crippen LogP contribution is -1.91. The Labute approximate surface area is 64.6 Å². The van der Waals surface area contributed by atoms with Crippen molar-refractivity contribution < 1.29 is 4.79 Å². The zero-order chi connectivity index (χ0) is 7.40. The van der Waals surface area contributed by atoms with Gasteiger partial charge in [-0.05, 0) is 23.2 Å². The third-order valence-electron chi connectivity index (χ3n) is 1.13. The number of rotatable bonds is 2. The minimum atomic E-state index is -0.328. The highest BCUT2D eigenvalue weighted by Gasteiger charge is 1.96. The Balaban J connectivity index is 2.67. The van der Waals surface area contributed by atoms with Gasteiger partial charge >= 0.3 is 0 Å². The molecule has 0 unspecified atom stereocenters. The van der Waals surface area contributed by atoms with Crippen LogP contribution in [0.4, 0.5) is 0 Å². The van der Waals surface area contributed by atoms with E-state index in [1.807, 2.05) is 12.1 Å². The molecule has 0 atom stereocenters. The van der Waals surface area contributed by atoms with E-state index in [0.717, 1.165) is 5.56 Å². The number of hydrogen-bond acceptors (Lipinski definition) is 1. The number of carbonyl (C=O) groups is 1. The molecule has 0 aliphatic carbocycles. The first kappa shape index (κ1) is 7.29. The van der Waals surface area contributed by atoms with Crippen molar-refractivity contribution >= 4 is 16.8 Å². The van der Waals surface area contributed by atoms with E-state index in [4.69, 9.17) is 11.6 Å². The first-order valence-corrected chi connectivity index (χ1v) is 3.30. The van der Waals surface area contributed by atoms with Crippen molar-refractivity contribution in [3.63, 3.8) is 0 Å². The van der Waals surface area contributed by atoms with Gasteiger partial charge in [0.15, 0.2) is 0 Å². The smallest absolute Gasteiger partial charge is 0.226 e. The van der Waals surface area contributed by atoms with Crippen LogP contribution in [0.1, 0.15) is 5.56 Å². The van der Waals surface area contributed by atoms with Crippen LogP contribution in [0.5, 0.6) is 0 Å². The Morgan fingerprint density at radius 2 is 2.10 bits per heavy atom. The van der Waals surface area contributed by atoms with Crippen molar-refractivity contribution in [3.05, 3.63) is 35.9 Å². The molecule has 0 spiro atoms. The van der Waals surface area contributed by atoms with Crippen LogP contribution in [0.3, 0.4) is 0 Å². The molecule has 1 radical (unpaired) electrons. The number of benzene rings is 1. The van der Waals surface area contributed by atoms with Crippen LogP contribution in [-0.4, -0.2) is 5.24 Å². The van der Waals surface area contributed by atoms with Crippen LogP contribution in [-0.2, 0) is 11.2 Å². The van der Waals surface area contributed by atoms with E-state index >= 15 is 0 Å². The number of halogens is 1. The number of carbonyl (C=O) groups excluding carboxylic acids is 1. The summed E-state index contributed by atoms with van der Waals surface area (Å²) in [5.41, 5.74) is 0.929. The quantitative estimate of drug-likeness (QED) is 0.593. The van der Waals surface area contributed by atoms with Crippen LogP contribution in [0, 0.1) is 6.07 Å². The van der Waals surface area contributed by atoms with Gasteiger partial charge in [0.1, 0.15) is 0 Å². The van der Waals surface area contributed by atoms with Gasteiger partial charge in [0.25, 0.3) is 0 Å². The van der Waals surface area contributed by atoms with E-state index < -0.39 is 0 Å².